The molecule has 1 aromatic rings. The van der Waals surface area contributed by atoms with Gasteiger partial charge in [0.1, 0.15) is 11.6 Å². The average molecular weight is 269 g/mol. The summed E-state index contributed by atoms with van der Waals surface area (Å²) >= 11 is 0. The molecular formula is C16H25F2N. The van der Waals surface area contributed by atoms with E-state index in [-0.39, 0.29) is 17.0 Å². The molecule has 0 saturated heterocycles. The van der Waals surface area contributed by atoms with Gasteiger partial charge in [-0.2, -0.15) is 0 Å². The van der Waals surface area contributed by atoms with Crippen LogP contribution in [0.1, 0.15) is 39.7 Å². The Bertz CT molecular complexity index is 389. The molecule has 0 radical (unpaired) electrons. The van der Waals surface area contributed by atoms with Crippen molar-refractivity contribution in [3.63, 3.8) is 0 Å². The molecule has 0 amide bonds. The highest BCUT2D eigenvalue weighted by Gasteiger charge is 2.24. The lowest BCUT2D eigenvalue weighted by molar-refractivity contribution is 0.224. The van der Waals surface area contributed by atoms with Crippen LogP contribution in [0.3, 0.4) is 0 Å². The van der Waals surface area contributed by atoms with Crippen molar-refractivity contribution in [2.45, 2.75) is 46.6 Å². The van der Waals surface area contributed by atoms with Crippen LogP contribution in [0.25, 0.3) is 0 Å². The monoisotopic (exact) mass is 269 g/mol. The zero-order valence-corrected chi connectivity index (χ0v) is 12.6. The molecule has 1 aromatic carbocycles. The second-order valence-corrected chi connectivity index (χ2v) is 6.39. The average Bonchev–Trinajstić information content (AvgIpc) is 2.31. The maximum absolute atomic E-state index is 13.7. The summed E-state index contributed by atoms with van der Waals surface area (Å²) in [6.45, 7) is 8.75. The molecule has 0 aromatic heterocycles. The highest BCUT2D eigenvalue weighted by atomic mass is 19.1. The third kappa shape index (κ3) is 4.57. The van der Waals surface area contributed by atoms with Gasteiger partial charge in [-0.3, -0.25) is 0 Å². The lowest BCUT2D eigenvalue weighted by atomic mass is 9.78. The molecule has 0 spiro atoms. The first-order valence-electron chi connectivity index (χ1n) is 6.85. The number of nitrogens with one attached hydrogen (secondary N) is 1. The van der Waals surface area contributed by atoms with Gasteiger partial charge in [0.2, 0.25) is 0 Å². The summed E-state index contributed by atoms with van der Waals surface area (Å²) in [6.07, 6.45) is 1.28. The predicted octanol–water partition coefficient (Wildman–Crippen LogP) is 4.17. The lowest BCUT2D eigenvalue weighted by Gasteiger charge is -2.31. The Kier molecular flexibility index (Phi) is 5.48. The zero-order valence-electron chi connectivity index (χ0n) is 12.6. The van der Waals surface area contributed by atoms with Gasteiger partial charge in [0.25, 0.3) is 0 Å². The second-order valence-electron chi connectivity index (χ2n) is 6.39. The topological polar surface area (TPSA) is 12.0 Å². The summed E-state index contributed by atoms with van der Waals surface area (Å²) in [7, 11) is 1.85. The molecule has 1 N–H and O–H groups in total. The minimum absolute atomic E-state index is 0.0839. The van der Waals surface area contributed by atoms with Gasteiger partial charge in [0.05, 0.1) is 0 Å². The van der Waals surface area contributed by atoms with Crippen LogP contribution >= 0.6 is 0 Å². The molecule has 0 aliphatic carbocycles. The van der Waals surface area contributed by atoms with Crippen LogP contribution in [0.15, 0.2) is 18.2 Å². The standard InChI is InChI=1S/C16H25F2N/c1-11(16(2,3)4)9-12(19-5)10-13-14(17)7-6-8-15(13)18/h6-8,11-12,19H,9-10H2,1-5H3. The number of rotatable bonds is 5. The first-order valence-corrected chi connectivity index (χ1v) is 6.85. The Morgan fingerprint density at radius 2 is 1.68 bits per heavy atom. The Morgan fingerprint density at radius 3 is 2.11 bits per heavy atom. The highest BCUT2D eigenvalue weighted by molar-refractivity contribution is 5.20. The molecule has 1 nitrogen and oxygen atoms in total. The van der Waals surface area contributed by atoms with Crippen LogP contribution < -0.4 is 5.32 Å². The molecule has 19 heavy (non-hydrogen) atoms. The van der Waals surface area contributed by atoms with Crippen molar-refractivity contribution in [3.8, 4) is 0 Å². The van der Waals surface area contributed by atoms with Gasteiger partial charge in [-0.25, -0.2) is 8.78 Å². The normalized spacial score (nSPS) is 15.3. The quantitative estimate of drug-likeness (QED) is 0.846. The summed E-state index contributed by atoms with van der Waals surface area (Å²) in [5.74, 6) is -0.438. The minimum Gasteiger partial charge on any atom is -0.317 e. The van der Waals surface area contributed by atoms with Gasteiger partial charge in [-0.15, -0.1) is 0 Å². The molecule has 0 aliphatic rings. The Labute approximate surface area is 115 Å². The number of likely N-dealkylation sites (N-methyl/N-ethyl adjacent to an activating group) is 1. The van der Waals surface area contributed by atoms with Crippen LogP contribution in [-0.4, -0.2) is 13.1 Å². The van der Waals surface area contributed by atoms with Crippen molar-refractivity contribution >= 4 is 0 Å². The van der Waals surface area contributed by atoms with Gasteiger partial charge >= 0.3 is 0 Å². The van der Waals surface area contributed by atoms with Crippen LogP contribution in [0, 0.1) is 23.0 Å². The zero-order chi connectivity index (χ0) is 14.6. The van der Waals surface area contributed by atoms with Crippen LogP contribution in [0.4, 0.5) is 8.78 Å². The summed E-state index contributed by atoms with van der Waals surface area (Å²) in [5, 5.41) is 3.17. The van der Waals surface area contributed by atoms with Gasteiger partial charge in [-0.05, 0) is 43.4 Å². The Balaban J connectivity index is 2.78. The third-order valence-corrected chi connectivity index (χ3v) is 4.04. The van der Waals surface area contributed by atoms with Gasteiger partial charge in [0, 0.05) is 11.6 Å². The van der Waals surface area contributed by atoms with E-state index in [1.807, 2.05) is 7.05 Å². The summed E-state index contributed by atoms with van der Waals surface area (Å²) < 4.78 is 27.3. The highest BCUT2D eigenvalue weighted by Crippen LogP contribution is 2.30. The second kappa shape index (κ2) is 6.47. The molecule has 3 heteroatoms. The molecule has 0 aliphatic heterocycles. The molecule has 108 valence electrons. The van der Waals surface area contributed by atoms with Crippen molar-refractivity contribution in [1.29, 1.82) is 0 Å². The van der Waals surface area contributed by atoms with E-state index in [0.717, 1.165) is 6.42 Å². The fourth-order valence-corrected chi connectivity index (χ4v) is 2.06. The number of halogens is 2. The summed E-state index contributed by atoms with van der Waals surface area (Å²) in [5.41, 5.74) is 0.381. The number of benzene rings is 1. The first-order chi connectivity index (χ1) is 8.75. The molecule has 0 heterocycles. The molecule has 0 fully saturated rings. The Morgan fingerprint density at radius 1 is 1.16 bits per heavy atom. The largest absolute Gasteiger partial charge is 0.317 e. The molecule has 2 atom stereocenters. The molecular weight excluding hydrogens is 244 g/mol. The van der Waals surface area contributed by atoms with E-state index in [0.29, 0.717) is 12.3 Å². The van der Waals surface area contributed by atoms with Crippen molar-refractivity contribution in [3.05, 3.63) is 35.4 Å². The number of hydrogen-bond acceptors (Lipinski definition) is 1. The summed E-state index contributed by atoms with van der Waals surface area (Å²) in [4.78, 5) is 0. The van der Waals surface area contributed by atoms with Gasteiger partial charge < -0.3 is 5.32 Å². The molecule has 0 saturated carbocycles. The predicted molar refractivity (Wildman–Crippen MR) is 76.1 cm³/mol. The fourth-order valence-electron chi connectivity index (χ4n) is 2.06. The van der Waals surface area contributed by atoms with E-state index in [4.69, 9.17) is 0 Å². The van der Waals surface area contributed by atoms with Crippen molar-refractivity contribution in [1.82, 2.24) is 5.32 Å². The van der Waals surface area contributed by atoms with Crippen LogP contribution in [-0.2, 0) is 6.42 Å². The smallest absolute Gasteiger partial charge is 0.129 e. The van der Waals surface area contributed by atoms with Crippen LogP contribution in [0.2, 0.25) is 0 Å². The number of hydrogen-bond donors (Lipinski definition) is 1. The van der Waals surface area contributed by atoms with E-state index in [2.05, 4.69) is 33.0 Å². The van der Waals surface area contributed by atoms with E-state index in [1.54, 1.807) is 0 Å². The minimum atomic E-state index is -0.455. The van der Waals surface area contributed by atoms with Crippen molar-refractivity contribution < 1.29 is 8.78 Å². The SMILES string of the molecule is CNC(Cc1c(F)cccc1F)CC(C)C(C)(C)C. The van der Waals surface area contributed by atoms with Gasteiger partial charge in [0.15, 0.2) is 0 Å². The molecule has 0 bridgehead atoms. The maximum Gasteiger partial charge on any atom is 0.129 e. The van der Waals surface area contributed by atoms with Crippen molar-refractivity contribution in [2.24, 2.45) is 11.3 Å². The lowest BCUT2D eigenvalue weighted by Crippen LogP contribution is -2.33. The maximum atomic E-state index is 13.7. The van der Waals surface area contributed by atoms with Gasteiger partial charge in [-0.1, -0.05) is 33.8 Å². The first kappa shape index (κ1) is 16.1. The van der Waals surface area contributed by atoms with E-state index in [9.17, 15) is 8.78 Å². The van der Waals surface area contributed by atoms with E-state index >= 15 is 0 Å². The molecule has 1 rings (SSSR count). The fraction of sp³-hybridized carbons (Fsp3) is 0.625. The molecule has 2 unspecified atom stereocenters. The summed E-state index contributed by atoms with van der Waals surface area (Å²) in [6, 6.07) is 4.12. The Hall–Kier alpha value is -0.960. The third-order valence-electron chi connectivity index (χ3n) is 4.04. The van der Waals surface area contributed by atoms with E-state index in [1.165, 1.54) is 18.2 Å². The van der Waals surface area contributed by atoms with Crippen LogP contribution in [0.5, 0.6) is 0 Å². The van der Waals surface area contributed by atoms with E-state index < -0.39 is 11.6 Å². The van der Waals surface area contributed by atoms with Crippen molar-refractivity contribution in [2.75, 3.05) is 7.05 Å².